The van der Waals surface area contributed by atoms with E-state index in [2.05, 4.69) is 5.32 Å². The van der Waals surface area contributed by atoms with Crippen LogP contribution in [-0.4, -0.2) is 50.0 Å². The molecule has 136 valence electrons. The average Bonchev–Trinajstić information content (AvgIpc) is 3.04. The summed E-state index contributed by atoms with van der Waals surface area (Å²) in [6.45, 7) is 2.42. The molecule has 0 spiro atoms. The van der Waals surface area contributed by atoms with Crippen LogP contribution in [0.3, 0.4) is 0 Å². The van der Waals surface area contributed by atoms with Gasteiger partial charge >= 0.3 is 5.97 Å². The summed E-state index contributed by atoms with van der Waals surface area (Å²) in [6, 6.07) is 6.21. The molecule has 0 bridgehead atoms. The minimum absolute atomic E-state index is 0.319. The quantitative estimate of drug-likeness (QED) is 0.610. The molecule has 25 heavy (non-hydrogen) atoms. The van der Waals surface area contributed by atoms with Crippen LogP contribution in [0, 0.1) is 0 Å². The monoisotopic (exact) mass is 366 g/mol. The van der Waals surface area contributed by atoms with E-state index in [1.165, 1.54) is 10.4 Å². The van der Waals surface area contributed by atoms with E-state index in [1.54, 1.807) is 37.3 Å². The van der Waals surface area contributed by atoms with Gasteiger partial charge in [-0.3, -0.25) is 4.79 Å². The Morgan fingerprint density at radius 1 is 1.32 bits per heavy atom. The standard InChI is InChI=1S/C17H22N2O5S/c1-3-24-16(20)11-8-13-6-9-14(10-7-13)18-17(21)15-5-4-12-19(15)25(2,22)23/h6-11,15H,3-5,12H2,1-2H3,(H,18,21). The average molecular weight is 366 g/mol. The smallest absolute Gasteiger partial charge is 0.330 e. The first-order valence-electron chi connectivity index (χ1n) is 8.04. The van der Waals surface area contributed by atoms with Crippen molar-refractivity contribution in [2.24, 2.45) is 0 Å². The Morgan fingerprint density at radius 2 is 2.00 bits per heavy atom. The van der Waals surface area contributed by atoms with E-state index in [0.717, 1.165) is 11.8 Å². The van der Waals surface area contributed by atoms with Gasteiger partial charge in [-0.15, -0.1) is 0 Å². The molecule has 0 aromatic heterocycles. The van der Waals surface area contributed by atoms with Crippen LogP contribution in [0.5, 0.6) is 0 Å². The Balaban J connectivity index is 1.99. The molecule has 0 radical (unpaired) electrons. The molecular formula is C17H22N2O5S. The molecule has 1 aliphatic rings. The van der Waals surface area contributed by atoms with Crippen molar-refractivity contribution in [1.29, 1.82) is 0 Å². The maximum atomic E-state index is 12.4. The number of esters is 1. The van der Waals surface area contributed by atoms with Gasteiger partial charge in [0.05, 0.1) is 12.9 Å². The summed E-state index contributed by atoms with van der Waals surface area (Å²) >= 11 is 0. The molecule has 1 fully saturated rings. The lowest BCUT2D eigenvalue weighted by Crippen LogP contribution is -2.42. The van der Waals surface area contributed by atoms with Crippen LogP contribution in [0.15, 0.2) is 30.3 Å². The van der Waals surface area contributed by atoms with Crippen molar-refractivity contribution in [3.8, 4) is 0 Å². The molecule has 0 aliphatic carbocycles. The second-order valence-electron chi connectivity index (χ2n) is 5.73. The molecule has 1 saturated heterocycles. The number of ether oxygens (including phenoxy) is 1. The number of benzene rings is 1. The predicted molar refractivity (Wildman–Crippen MR) is 95.3 cm³/mol. The van der Waals surface area contributed by atoms with Gasteiger partial charge in [0, 0.05) is 18.3 Å². The molecule has 0 saturated carbocycles. The number of rotatable bonds is 6. The molecule has 1 heterocycles. The van der Waals surface area contributed by atoms with Crippen molar-refractivity contribution in [3.63, 3.8) is 0 Å². The highest BCUT2D eigenvalue weighted by molar-refractivity contribution is 7.88. The first-order valence-corrected chi connectivity index (χ1v) is 9.88. The highest BCUT2D eigenvalue weighted by atomic mass is 32.2. The number of nitrogens with zero attached hydrogens (tertiary/aromatic N) is 1. The Morgan fingerprint density at radius 3 is 2.60 bits per heavy atom. The molecule has 1 aromatic rings. The second-order valence-corrected chi connectivity index (χ2v) is 7.66. The van der Waals surface area contributed by atoms with Gasteiger partial charge in [0.15, 0.2) is 0 Å². The van der Waals surface area contributed by atoms with Crippen LogP contribution in [0.25, 0.3) is 6.08 Å². The molecule has 7 nitrogen and oxygen atoms in total. The fourth-order valence-corrected chi connectivity index (χ4v) is 3.78. The Labute approximate surface area is 147 Å². The highest BCUT2D eigenvalue weighted by Crippen LogP contribution is 2.22. The summed E-state index contributed by atoms with van der Waals surface area (Å²) in [5.41, 5.74) is 1.35. The van der Waals surface area contributed by atoms with Crippen LogP contribution < -0.4 is 5.32 Å². The van der Waals surface area contributed by atoms with Crippen molar-refractivity contribution in [1.82, 2.24) is 4.31 Å². The summed E-state index contributed by atoms with van der Waals surface area (Å²) in [5, 5.41) is 2.74. The molecule has 1 atom stereocenters. The highest BCUT2D eigenvalue weighted by Gasteiger charge is 2.36. The van der Waals surface area contributed by atoms with Crippen LogP contribution in [0.4, 0.5) is 5.69 Å². The number of amides is 1. The van der Waals surface area contributed by atoms with Crippen LogP contribution in [-0.2, 0) is 24.3 Å². The predicted octanol–water partition coefficient (Wildman–Crippen LogP) is 1.63. The van der Waals surface area contributed by atoms with Crippen LogP contribution >= 0.6 is 0 Å². The molecular weight excluding hydrogens is 344 g/mol. The van der Waals surface area contributed by atoms with Crippen molar-refractivity contribution in [2.45, 2.75) is 25.8 Å². The lowest BCUT2D eigenvalue weighted by molar-refractivity contribution is -0.137. The van der Waals surface area contributed by atoms with E-state index in [1.807, 2.05) is 0 Å². The zero-order valence-corrected chi connectivity index (χ0v) is 15.1. The number of carbonyl (C=O) groups is 2. The van der Waals surface area contributed by atoms with Crippen molar-refractivity contribution in [3.05, 3.63) is 35.9 Å². The summed E-state index contributed by atoms with van der Waals surface area (Å²) in [6.07, 6.45) is 5.25. The Kier molecular flexibility index (Phi) is 6.33. The fraction of sp³-hybridized carbons (Fsp3) is 0.412. The van der Waals surface area contributed by atoms with Gasteiger partial charge < -0.3 is 10.1 Å². The second kappa shape index (κ2) is 8.26. The van der Waals surface area contributed by atoms with E-state index < -0.39 is 22.0 Å². The number of hydrogen-bond donors (Lipinski definition) is 1. The molecule has 1 aromatic carbocycles. The first-order chi connectivity index (χ1) is 11.8. The van der Waals surface area contributed by atoms with Gasteiger partial charge in [-0.2, -0.15) is 4.31 Å². The third-order valence-corrected chi connectivity index (χ3v) is 5.10. The van der Waals surface area contributed by atoms with E-state index >= 15 is 0 Å². The van der Waals surface area contributed by atoms with Gasteiger partial charge in [-0.25, -0.2) is 13.2 Å². The number of hydrogen-bond acceptors (Lipinski definition) is 5. The zero-order chi connectivity index (χ0) is 18.4. The van der Waals surface area contributed by atoms with Crippen molar-refractivity contribution >= 4 is 33.7 Å². The summed E-state index contributed by atoms with van der Waals surface area (Å²) < 4.78 is 29.5. The topological polar surface area (TPSA) is 92.8 Å². The van der Waals surface area contributed by atoms with Gasteiger partial charge in [0.2, 0.25) is 15.9 Å². The minimum atomic E-state index is -3.40. The first kappa shape index (κ1) is 19.1. The van der Waals surface area contributed by atoms with Crippen LogP contribution in [0.2, 0.25) is 0 Å². The largest absolute Gasteiger partial charge is 0.463 e. The van der Waals surface area contributed by atoms with Gasteiger partial charge in [-0.1, -0.05) is 12.1 Å². The molecule has 2 rings (SSSR count). The van der Waals surface area contributed by atoms with Gasteiger partial charge in [0.1, 0.15) is 6.04 Å². The normalized spacial score (nSPS) is 18.4. The van der Waals surface area contributed by atoms with Gasteiger partial charge in [-0.05, 0) is 43.5 Å². The third kappa shape index (κ3) is 5.40. The number of nitrogens with one attached hydrogen (secondary N) is 1. The van der Waals surface area contributed by atoms with Crippen LogP contribution in [0.1, 0.15) is 25.3 Å². The lowest BCUT2D eigenvalue weighted by Gasteiger charge is -2.21. The molecule has 1 N–H and O–H groups in total. The maximum absolute atomic E-state index is 12.4. The SMILES string of the molecule is CCOC(=O)C=Cc1ccc(NC(=O)C2CCCN2S(C)(=O)=O)cc1. The number of carbonyl (C=O) groups excluding carboxylic acids is 2. The summed E-state index contributed by atoms with van der Waals surface area (Å²) in [5.74, 6) is -0.750. The molecule has 8 heteroatoms. The third-order valence-electron chi connectivity index (χ3n) is 3.81. The fourth-order valence-electron chi connectivity index (χ4n) is 2.66. The summed E-state index contributed by atoms with van der Waals surface area (Å²) in [7, 11) is -3.40. The van der Waals surface area contributed by atoms with E-state index in [-0.39, 0.29) is 5.91 Å². The molecule has 1 amide bonds. The van der Waals surface area contributed by atoms with Crippen molar-refractivity contribution in [2.75, 3.05) is 24.7 Å². The number of anilines is 1. The molecule has 1 aliphatic heterocycles. The van der Waals surface area contributed by atoms with Crippen molar-refractivity contribution < 1.29 is 22.7 Å². The Bertz CT molecular complexity index is 756. The van der Waals surface area contributed by atoms with E-state index in [4.69, 9.17) is 4.74 Å². The zero-order valence-electron chi connectivity index (χ0n) is 14.3. The maximum Gasteiger partial charge on any atom is 0.330 e. The number of sulfonamides is 1. The minimum Gasteiger partial charge on any atom is -0.463 e. The van der Waals surface area contributed by atoms with E-state index in [0.29, 0.717) is 31.7 Å². The van der Waals surface area contributed by atoms with Gasteiger partial charge in [0.25, 0.3) is 0 Å². The Hall–Kier alpha value is -2.19. The van der Waals surface area contributed by atoms with E-state index in [9.17, 15) is 18.0 Å². The molecule has 1 unspecified atom stereocenters. The lowest BCUT2D eigenvalue weighted by atomic mass is 10.1. The summed E-state index contributed by atoms with van der Waals surface area (Å²) in [4.78, 5) is 23.6.